The molecule has 1 aliphatic heterocycles. The standard InChI is InChI=1S/C21H32N4OS2/c22-25(13-17-9-5-2-6-10-17)21(27)18(12-11-16-7-3-1-4-8-16)24-20(26)19-14-28-15-23-19/h2,5-6,9-10,16,18-19,23H,1,3-4,7-8,11-15,22H2,(H,24,26)/t18-,19+/m1/s1. The van der Waals surface area contributed by atoms with Gasteiger partial charge >= 0.3 is 0 Å². The molecule has 4 N–H and O–H groups in total. The van der Waals surface area contributed by atoms with E-state index < -0.39 is 0 Å². The fourth-order valence-electron chi connectivity index (χ4n) is 4.03. The Morgan fingerprint density at radius 2 is 2.04 bits per heavy atom. The number of hydrazine groups is 1. The van der Waals surface area contributed by atoms with Crippen LogP contribution in [0.3, 0.4) is 0 Å². The highest BCUT2D eigenvalue weighted by Gasteiger charge is 2.28. The molecular weight excluding hydrogens is 388 g/mol. The van der Waals surface area contributed by atoms with E-state index in [1.54, 1.807) is 16.8 Å². The molecule has 0 bridgehead atoms. The summed E-state index contributed by atoms with van der Waals surface area (Å²) < 4.78 is 0. The van der Waals surface area contributed by atoms with Gasteiger partial charge in [0.2, 0.25) is 5.91 Å². The summed E-state index contributed by atoms with van der Waals surface area (Å²) >= 11 is 7.47. The Bertz CT molecular complexity index is 631. The summed E-state index contributed by atoms with van der Waals surface area (Å²) in [6.45, 7) is 0.549. The zero-order valence-corrected chi connectivity index (χ0v) is 18.1. The first-order valence-corrected chi connectivity index (χ1v) is 11.9. The number of nitrogens with one attached hydrogen (secondary N) is 2. The van der Waals surface area contributed by atoms with Crippen molar-refractivity contribution in [2.45, 2.75) is 63.6 Å². The highest BCUT2D eigenvalue weighted by molar-refractivity contribution is 7.99. The van der Waals surface area contributed by atoms with E-state index in [0.717, 1.165) is 36.0 Å². The smallest absolute Gasteiger partial charge is 0.238 e. The molecular formula is C21H32N4OS2. The topological polar surface area (TPSA) is 70.4 Å². The van der Waals surface area contributed by atoms with E-state index in [1.165, 1.54) is 32.1 Å². The zero-order valence-electron chi connectivity index (χ0n) is 16.4. The minimum absolute atomic E-state index is 0.0362. The summed E-state index contributed by atoms with van der Waals surface area (Å²) in [6, 6.07) is 9.74. The Hall–Kier alpha value is -1.15. The predicted molar refractivity (Wildman–Crippen MR) is 121 cm³/mol. The zero-order chi connectivity index (χ0) is 19.8. The maximum absolute atomic E-state index is 12.7. The Balaban J connectivity index is 1.60. The van der Waals surface area contributed by atoms with Crippen LogP contribution in [0.5, 0.6) is 0 Å². The number of amides is 1. The van der Waals surface area contributed by atoms with Crippen molar-refractivity contribution in [3.05, 3.63) is 35.9 Å². The van der Waals surface area contributed by atoms with Gasteiger partial charge in [0.1, 0.15) is 4.99 Å². The second-order valence-corrected chi connectivity index (χ2v) is 9.31. The largest absolute Gasteiger partial charge is 0.345 e. The molecule has 1 heterocycles. The first-order valence-electron chi connectivity index (χ1n) is 10.3. The van der Waals surface area contributed by atoms with Crippen LogP contribution in [0.25, 0.3) is 0 Å². The number of carbonyl (C=O) groups excluding carboxylic acids is 1. The van der Waals surface area contributed by atoms with Crippen molar-refractivity contribution in [3.8, 4) is 0 Å². The van der Waals surface area contributed by atoms with Crippen LogP contribution in [0.4, 0.5) is 0 Å². The first-order chi connectivity index (χ1) is 13.6. The maximum Gasteiger partial charge on any atom is 0.238 e. The molecule has 154 valence electrons. The van der Waals surface area contributed by atoms with Gasteiger partial charge in [0.05, 0.1) is 18.6 Å². The Morgan fingerprint density at radius 3 is 2.71 bits per heavy atom. The average molecular weight is 421 g/mol. The highest BCUT2D eigenvalue weighted by Crippen LogP contribution is 2.28. The van der Waals surface area contributed by atoms with Crippen molar-refractivity contribution >= 4 is 34.9 Å². The van der Waals surface area contributed by atoms with Gasteiger partial charge in [0.25, 0.3) is 0 Å². The minimum Gasteiger partial charge on any atom is -0.345 e. The van der Waals surface area contributed by atoms with Crippen molar-refractivity contribution in [2.75, 3.05) is 11.6 Å². The summed E-state index contributed by atoms with van der Waals surface area (Å²) in [5.41, 5.74) is 1.11. The van der Waals surface area contributed by atoms with Crippen LogP contribution in [-0.2, 0) is 11.3 Å². The lowest BCUT2D eigenvalue weighted by molar-refractivity contribution is -0.122. The fourth-order valence-corrected chi connectivity index (χ4v) is 5.21. The highest BCUT2D eigenvalue weighted by atomic mass is 32.2. The molecule has 3 rings (SSSR count). The molecule has 0 spiro atoms. The lowest BCUT2D eigenvalue weighted by Gasteiger charge is -2.30. The van der Waals surface area contributed by atoms with Crippen LogP contribution in [0, 0.1) is 5.92 Å². The SMILES string of the molecule is NN(Cc1ccccc1)C(=S)[C@@H](CCC1CCCCC1)NC(=O)[C@@H]1CSCN1. The summed E-state index contributed by atoms with van der Waals surface area (Å²) in [5.74, 6) is 8.73. The molecule has 0 radical (unpaired) electrons. The van der Waals surface area contributed by atoms with Gasteiger partial charge in [-0.15, -0.1) is 11.8 Å². The molecule has 7 heteroatoms. The van der Waals surface area contributed by atoms with E-state index in [1.807, 2.05) is 30.3 Å². The van der Waals surface area contributed by atoms with Crippen LogP contribution in [0.1, 0.15) is 50.5 Å². The van der Waals surface area contributed by atoms with E-state index >= 15 is 0 Å². The van der Waals surface area contributed by atoms with E-state index in [4.69, 9.17) is 18.1 Å². The van der Waals surface area contributed by atoms with Crippen molar-refractivity contribution in [3.63, 3.8) is 0 Å². The number of thioether (sulfide) groups is 1. The van der Waals surface area contributed by atoms with Crippen LogP contribution in [0.2, 0.25) is 0 Å². The quantitative estimate of drug-likeness (QED) is 0.341. The fraction of sp³-hybridized carbons (Fsp3) is 0.619. The molecule has 5 nitrogen and oxygen atoms in total. The third-order valence-electron chi connectivity index (χ3n) is 5.71. The Morgan fingerprint density at radius 1 is 1.29 bits per heavy atom. The van der Waals surface area contributed by atoms with Crippen molar-refractivity contribution < 1.29 is 4.79 Å². The number of carbonyl (C=O) groups is 1. The van der Waals surface area contributed by atoms with Crippen LogP contribution in [-0.4, -0.2) is 39.6 Å². The number of nitrogens with two attached hydrogens (primary N) is 1. The van der Waals surface area contributed by atoms with E-state index in [0.29, 0.717) is 11.5 Å². The van der Waals surface area contributed by atoms with Gasteiger partial charge < -0.3 is 5.32 Å². The predicted octanol–water partition coefficient (Wildman–Crippen LogP) is 3.20. The molecule has 1 aromatic carbocycles. The summed E-state index contributed by atoms with van der Waals surface area (Å²) in [4.78, 5) is 13.3. The van der Waals surface area contributed by atoms with Crippen LogP contribution >= 0.6 is 24.0 Å². The normalized spacial score (nSPS) is 21.2. The monoisotopic (exact) mass is 420 g/mol. The maximum atomic E-state index is 12.7. The molecule has 1 amide bonds. The molecule has 1 saturated heterocycles. The molecule has 0 unspecified atom stereocenters. The number of benzene rings is 1. The van der Waals surface area contributed by atoms with Gasteiger partial charge in [-0.05, 0) is 24.3 Å². The molecule has 28 heavy (non-hydrogen) atoms. The molecule has 1 aromatic rings. The summed E-state index contributed by atoms with van der Waals surface area (Å²) in [5, 5.41) is 8.04. The van der Waals surface area contributed by atoms with Crippen molar-refractivity contribution in [2.24, 2.45) is 11.8 Å². The number of hydrogen-bond acceptors (Lipinski definition) is 5. The third-order valence-corrected chi connectivity index (χ3v) is 7.17. The summed E-state index contributed by atoms with van der Waals surface area (Å²) in [6.07, 6.45) is 8.55. The molecule has 0 aromatic heterocycles. The van der Waals surface area contributed by atoms with Gasteiger partial charge in [-0.3, -0.25) is 15.1 Å². The van der Waals surface area contributed by atoms with Gasteiger partial charge in [0.15, 0.2) is 0 Å². The van der Waals surface area contributed by atoms with Crippen molar-refractivity contribution in [1.29, 1.82) is 0 Å². The van der Waals surface area contributed by atoms with E-state index in [2.05, 4.69) is 10.6 Å². The van der Waals surface area contributed by atoms with Gasteiger partial charge in [-0.2, -0.15) is 0 Å². The molecule has 1 aliphatic carbocycles. The lowest BCUT2D eigenvalue weighted by Crippen LogP contribution is -2.53. The lowest BCUT2D eigenvalue weighted by atomic mass is 9.85. The van der Waals surface area contributed by atoms with Gasteiger partial charge in [-0.1, -0.05) is 74.7 Å². The third kappa shape index (κ3) is 6.44. The second-order valence-electron chi connectivity index (χ2n) is 7.87. The average Bonchev–Trinajstić information content (AvgIpc) is 3.27. The van der Waals surface area contributed by atoms with Gasteiger partial charge in [-0.25, -0.2) is 5.84 Å². The van der Waals surface area contributed by atoms with Crippen molar-refractivity contribution in [1.82, 2.24) is 15.6 Å². The van der Waals surface area contributed by atoms with E-state index in [-0.39, 0.29) is 18.0 Å². The molecule has 2 fully saturated rings. The summed E-state index contributed by atoms with van der Waals surface area (Å²) in [7, 11) is 0. The molecule has 2 aliphatic rings. The van der Waals surface area contributed by atoms with Crippen LogP contribution in [0.15, 0.2) is 30.3 Å². The van der Waals surface area contributed by atoms with E-state index in [9.17, 15) is 4.79 Å². The number of hydrogen-bond donors (Lipinski definition) is 3. The minimum atomic E-state index is -0.189. The number of rotatable bonds is 8. The number of nitrogens with zero attached hydrogens (tertiary/aromatic N) is 1. The molecule has 1 saturated carbocycles. The van der Waals surface area contributed by atoms with Gasteiger partial charge in [0, 0.05) is 11.6 Å². The first kappa shape index (κ1) is 21.6. The Labute approximate surface area is 178 Å². The Kier molecular flexibility index (Phi) is 8.58. The van der Waals surface area contributed by atoms with Crippen LogP contribution < -0.4 is 16.5 Å². The second kappa shape index (κ2) is 11.1. The number of thiocarbonyl (C=S) groups is 1. The molecule has 2 atom stereocenters.